The number of sulfone groups is 1. The lowest BCUT2D eigenvalue weighted by Gasteiger charge is -2.24. The molecule has 0 bridgehead atoms. The minimum Gasteiger partial charge on any atom is -0.224 e. The fraction of sp³-hybridized carbons (Fsp3) is 0.238. The molecular weight excluding hydrogens is 394 g/mol. The average Bonchev–Trinajstić information content (AvgIpc) is 3.16. The molecule has 0 saturated carbocycles. The van der Waals surface area contributed by atoms with Gasteiger partial charge in [0.25, 0.3) is 0 Å². The van der Waals surface area contributed by atoms with Crippen molar-refractivity contribution in [3.05, 3.63) is 72.8 Å². The van der Waals surface area contributed by atoms with Gasteiger partial charge >= 0.3 is 0 Å². The van der Waals surface area contributed by atoms with Gasteiger partial charge in [0, 0.05) is 18.0 Å². The first-order valence-corrected chi connectivity index (χ1v) is 12.3. The van der Waals surface area contributed by atoms with Gasteiger partial charge in [0.1, 0.15) is 0 Å². The van der Waals surface area contributed by atoms with Crippen LogP contribution in [0.15, 0.2) is 82.6 Å². The first-order valence-electron chi connectivity index (χ1n) is 9.17. The Labute approximate surface area is 165 Å². The highest BCUT2D eigenvalue weighted by molar-refractivity contribution is 7.91. The van der Waals surface area contributed by atoms with Gasteiger partial charge in [0.15, 0.2) is 9.84 Å². The van der Waals surface area contributed by atoms with Crippen LogP contribution in [-0.2, 0) is 19.9 Å². The van der Waals surface area contributed by atoms with E-state index in [4.69, 9.17) is 0 Å². The van der Waals surface area contributed by atoms with Crippen molar-refractivity contribution in [2.75, 3.05) is 12.3 Å². The fourth-order valence-corrected chi connectivity index (χ4v) is 7.44. The third-order valence-electron chi connectivity index (χ3n) is 5.17. The molecule has 0 spiro atoms. The van der Waals surface area contributed by atoms with E-state index >= 15 is 0 Å². The van der Waals surface area contributed by atoms with Crippen molar-refractivity contribution in [3.63, 3.8) is 0 Å². The quantitative estimate of drug-likeness (QED) is 0.640. The maximum atomic E-state index is 13.4. The number of sulfonamides is 1. The van der Waals surface area contributed by atoms with Crippen molar-refractivity contribution in [2.24, 2.45) is 0 Å². The van der Waals surface area contributed by atoms with E-state index in [9.17, 15) is 16.8 Å². The summed E-state index contributed by atoms with van der Waals surface area (Å²) in [6.45, 7) is 0.334. The molecule has 28 heavy (non-hydrogen) atoms. The van der Waals surface area contributed by atoms with Gasteiger partial charge in [-0.2, -0.15) is 4.31 Å². The van der Waals surface area contributed by atoms with E-state index in [1.165, 1.54) is 4.31 Å². The Morgan fingerprint density at radius 2 is 1.50 bits per heavy atom. The molecule has 7 heteroatoms. The van der Waals surface area contributed by atoms with E-state index in [-0.39, 0.29) is 15.5 Å². The third kappa shape index (κ3) is 3.45. The fourth-order valence-electron chi connectivity index (χ4n) is 3.82. The molecule has 1 aliphatic heterocycles. The molecule has 1 heterocycles. The average molecular weight is 416 g/mol. The molecule has 1 atom stereocenters. The molecule has 3 aromatic rings. The van der Waals surface area contributed by atoms with Crippen LogP contribution in [0.4, 0.5) is 0 Å². The van der Waals surface area contributed by atoms with Crippen LogP contribution in [0.5, 0.6) is 0 Å². The summed E-state index contributed by atoms with van der Waals surface area (Å²) in [6.07, 6.45) is 1.19. The number of hydrogen-bond donors (Lipinski definition) is 0. The van der Waals surface area contributed by atoms with Crippen LogP contribution in [0.3, 0.4) is 0 Å². The van der Waals surface area contributed by atoms with E-state index in [0.29, 0.717) is 24.8 Å². The summed E-state index contributed by atoms with van der Waals surface area (Å²) >= 11 is 0. The lowest BCUT2D eigenvalue weighted by Crippen LogP contribution is -2.39. The Bertz CT molecular complexity index is 1200. The van der Waals surface area contributed by atoms with Crippen LogP contribution < -0.4 is 0 Å². The van der Waals surface area contributed by atoms with Crippen molar-refractivity contribution < 1.29 is 16.8 Å². The predicted octanol–water partition coefficient (Wildman–Crippen LogP) is 3.47. The van der Waals surface area contributed by atoms with Crippen molar-refractivity contribution in [1.82, 2.24) is 4.31 Å². The summed E-state index contributed by atoms with van der Waals surface area (Å²) in [4.78, 5) is 0.457. The minimum absolute atomic E-state index is 0.207. The SMILES string of the molecule is O=S(=O)(CC1CCCN1S(=O)(=O)c1cccc2ccccc12)c1ccccc1. The van der Waals surface area contributed by atoms with Crippen LogP contribution in [-0.4, -0.2) is 39.5 Å². The van der Waals surface area contributed by atoms with Crippen molar-refractivity contribution in [1.29, 1.82) is 0 Å². The molecule has 1 unspecified atom stereocenters. The van der Waals surface area contributed by atoms with Crippen LogP contribution in [0.2, 0.25) is 0 Å². The van der Waals surface area contributed by atoms with Crippen LogP contribution in [0.25, 0.3) is 10.8 Å². The predicted molar refractivity (Wildman–Crippen MR) is 109 cm³/mol. The van der Waals surface area contributed by atoms with Gasteiger partial charge in [0.05, 0.1) is 15.5 Å². The van der Waals surface area contributed by atoms with Crippen LogP contribution >= 0.6 is 0 Å². The summed E-state index contributed by atoms with van der Waals surface area (Å²) in [7, 11) is -7.37. The zero-order chi connectivity index (χ0) is 19.8. The van der Waals surface area contributed by atoms with Crippen molar-refractivity contribution in [2.45, 2.75) is 28.7 Å². The minimum atomic E-state index is -3.80. The molecule has 0 aliphatic carbocycles. The van der Waals surface area contributed by atoms with Gasteiger partial charge in [-0.15, -0.1) is 0 Å². The number of nitrogens with zero attached hydrogens (tertiary/aromatic N) is 1. The Morgan fingerprint density at radius 3 is 2.29 bits per heavy atom. The summed E-state index contributed by atoms with van der Waals surface area (Å²) in [5.41, 5.74) is 0. The molecule has 1 aliphatic rings. The highest BCUT2D eigenvalue weighted by Gasteiger charge is 2.38. The maximum absolute atomic E-state index is 13.4. The largest absolute Gasteiger partial charge is 0.243 e. The highest BCUT2D eigenvalue weighted by atomic mass is 32.2. The topological polar surface area (TPSA) is 71.5 Å². The molecule has 0 aromatic heterocycles. The van der Waals surface area contributed by atoms with E-state index < -0.39 is 25.9 Å². The Kier molecular flexibility index (Phi) is 4.99. The van der Waals surface area contributed by atoms with Crippen LogP contribution in [0.1, 0.15) is 12.8 Å². The number of fused-ring (bicyclic) bond motifs is 1. The molecule has 1 saturated heterocycles. The lowest BCUT2D eigenvalue weighted by atomic mass is 10.1. The highest BCUT2D eigenvalue weighted by Crippen LogP contribution is 2.31. The summed E-state index contributed by atoms with van der Waals surface area (Å²) in [5, 5.41) is 1.50. The third-order valence-corrected chi connectivity index (χ3v) is 9.00. The van der Waals surface area contributed by atoms with Gasteiger partial charge in [-0.05, 0) is 36.4 Å². The molecule has 0 radical (unpaired) electrons. The smallest absolute Gasteiger partial charge is 0.224 e. The monoisotopic (exact) mass is 415 g/mol. The molecule has 146 valence electrons. The van der Waals surface area contributed by atoms with Crippen molar-refractivity contribution in [3.8, 4) is 0 Å². The second-order valence-corrected chi connectivity index (χ2v) is 10.9. The van der Waals surface area contributed by atoms with E-state index in [0.717, 1.165) is 5.39 Å². The molecule has 3 aromatic carbocycles. The van der Waals surface area contributed by atoms with E-state index in [1.807, 2.05) is 24.3 Å². The zero-order valence-corrected chi connectivity index (χ0v) is 16.9. The summed E-state index contributed by atoms with van der Waals surface area (Å²) in [6, 6.07) is 20.2. The molecule has 5 nitrogen and oxygen atoms in total. The Hall–Kier alpha value is -2.22. The van der Waals surface area contributed by atoms with Gasteiger partial charge in [0.2, 0.25) is 10.0 Å². The lowest BCUT2D eigenvalue weighted by molar-refractivity contribution is 0.408. The van der Waals surface area contributed by atoms with E-state index in [1.54, 1.807) is 48.5 Å². The van der Waals surface area contributed by atoms with Crippen molar-refractivity contribution >= 4 is 30.6 Å². The standard InChI is InChI=1S/C21H21NO4S2/c23-27(24,19-11-2-1-3-12-19)16-18-10-7-15-22(18)28(25,26)21-14-6-9-17-8-4-5-13-20(17)21/h1-6,8-9,11-14,18H,7,10,15-16H2. The summed E-state index contributed by atoms with van der Waals surface area (Å²) < 4.78 is 53.8. The number of benzene rings is 3. The van der Waals surface area contributed by atoms with Crippen LogP contribution in [0, 0.1) is 0 Å². The molecule has 4 rings (SSSR count). The molecule has 1 fully saturated rings. The molecule has 0 amide bonds. The first-order chi connectivity index (χ1) is 13.4. The molecular formula is C21H21NO4S2. The maximum Gasteiger partial charge on any atom is 0.243 e. The first kappa shape index (κ1) is 19.1. The van der Waals surface area contributed by atoms with Gasteiger partial charge in [-0.25, -0.2) is 16.8 Å². The number of hydrogen-bond acceptors (Lipinski definition) is 4. The second-order valence-electron chi connectivity index (χ2n) is 6.98. The Morgan fingerprint density at radius 1 is 0.821 bits per heavy atom. The molecule has 0 N–H and O–H groups in total. The Balaban J connectivity index is 1.70. The normalized spacial score (nSPS) is 18.5. The summed E-state index contributed by atoms with van der Waals surface area (Å²) in [5.74, 6) is -0.207. The second kappa shape index (κ2) is 7.31. The number of rotatable bonds is 5. The van der Waals surface area contributed by atoms with Gasteiger partial charge in [-0.3, -0.25) is 0 Å². The van der Waals surface area contributed by atoms with Gasteiger partial charge < -0.3 is 0 Å². The van der Waals surface area contributed by atoms with Gasteiger partial charge in [-0.1, -0.05) is 54.6 Å². The van der Waals surface area contributed by atoms with E-state index in [2.05, 4.69) is 0 Å². The zero-order valence-electron chi connectivity index (χ0n) is 15.2.